The highest BCUT2D eigenvalue weighted by Gasteiger charge is 2.47. The summed E-state index contributed by atoms with van der Waals surface area (Å²) in [7, 11) is -2.37. The van der Waals surface area contributed by atoms with Gasteiger partial charge in [0.1, 0.15) is 35.4 Å². The minimum atomic E-state index is -3.95. The Labute approximate surface area is 339 Å². The summed E-state index contributed by atoms with van der Waals surface area (Å²) in [5.74, 6) is -1.36. The number of amides is 4. The molecule has 58 heavy (non-hydrogen) atoms. The average Bonchev–Trinajstić information content (AvgIpc) is 3.96. The summed E-state index contributed by atoms with van der Waals surface area (Å²) >= 11 is 0. The van der Waals surface area contributed by atoms with Crippen molar-refractivity contribution in [2.24, 2.45) is 10.8 Å². The van der Waals surface area contributed by atoms with Crippen LogP contribution < -0.4 is 24.8 Å². The van der Waals surface area contributed by atoms with E-state index < -0.39 is 68.1 Å². The van der Waals surface area contributed by atoms with Crippen molar-refractivity contribution in [3.05, 3.63) is 84.6 Å². The lowest BCUT2D eigenvalue weighted by molar-refractivity contribution is -0.142. The molecule has 4 bridgehead atoms. The number of fused-ring (bicyclic) bond motifs is 3. The Morgan fingerprint density at radius 3 is 2.48 bits per heavy atom. The first-order valence-corrected chi connectivity index (χ1v) is 20.8. The molecule has 6 rings (SSSR count). The number of sulfonamides is 1. The Morgan fingerprint density at radius 2 is 1.83 bits per heavy atom. The van der Waals surface area contributed by atoms with Gasteiger partial charge in [-0.25, -0.2) is 22.9 Å². The molecular formula is C43H51N5O9S. The number of hydrogen-bond donors (Lipinski definition) is 3. The molecular weight excluding hydrogens is 763 g/mol. The molecule has 308 valence electrons. The molecule has 2 aromatic carbocycles. The van der Waals surface area contributed by atoms with Crippen molar-refractivity contribution in [2.75, 3.05) is 20.3 Å². The number of benzene rings is 2. The minimum Gasteiger partial charge on any atom is -0.496 e. The number of carbonyl (C=O) groups excluding carboxylic acids is 4. The Balaban J connectivity index is 1.44. The van der Waals surface area contributed by atoms with E-state index in [1.807, 2.05) is 79.3 Å². The third-order valence-corrected chi connectivity index (χ3v) is 12.1. The van der Waals surface area contributed by atoms with Crippen LogP contribution in [0.2, 0.25) is 0 Å². The van der Waals surface area contributed by atoms with E-state index in [0.29, 0.717) is 47.4 Å². The zero-order chi connectivity index (χ0) is 42.0. The summed E-state index contributed by atoms with van der Waals surface area (Å²) < 4.78 is 45.5. The quantitative estimate of drug-likeness (QED) is 0.190. The molecule has 1 aromatic heterocycles. The van der Waals surface area contributed by atoms with Gasteiger partial charge < -0.3 is 29.7 Å². The summed E-state index contributed by atoms with van der Waals surface area (Å²) in [4.78, 5) is 61.8. The molecule has 3 heterocycles. The number of ether oxygens (including phenoxy) is 3. The van der Waals surface area contributed by atoms with Gasteiger partial charge >= 0.3 is 6.09 Å². The Morgan fingerprint density at radius 1 is 1.10 bits per heavy atom. The van der Waals surface area contributed by atoms with Crippen LogP contribution in [0.15, 0.2) is 79.0 Å². The van der Waals surface area contributed by atoms with Crippen molar-refractivity contribution >= 4 is 50.8 Å². The summed E-state index contributed by atoms with van der Waals surface area (Å²) in [5.41, 5.74) is 1.10. The third-order valence-electron chi connectivity index (χ3n) is 10.3. The lowest BCUT2D eigenvalue weighted by Crippen LogP contribution is -2.58. The predicted octanol–water partition coefficient (Wildman–Crippen LogP) is 5.64. The van der Waals surface area contributed by atoms with Gasteiger partial charge in [-0.1, -0.05) is 89.8 Å². The van der Waals surface area contributed by atoms with Crippen molar-refractivity contribution < 1.29 is 41.8 Å². The second-order valence-electron chi connectivity index (χ2n) is 16.7. The summed E-state index contributed by atoms with van der Waals surface area (Å²) in [5, 5.41) is 5.28. The van der Waals surface area contributed by atoms with Crippen LogP contribution in [0.4, 0.5) is 4.79 Å². The zero-order valence-corrected chi connectivity index (χ0v) is 34.5. The molecule has 14 nitrogen and oxygen atoms in total. The van der Waals surface area contributed by atoms with Gasteiger partial charge in [-0.15, -0.1) is 0 Å². The molecule has 0 spiro atoms. The monoisotopic (exact) mass is 813 g/mol. The number of allylic oxidation sites excluding steroid dienone is 3. The molecule has 1 saturated heterocycles. The molecule has 1 saturated carbocycles. The standard InChI is InChI=1S/C43H51N5O9S/c1-8-13-31(38(49)47-58(53,54)29-17-18-29)45-39(50)34-21-28-24-48(34)40(51)37(42(2,3)4)46-41(52)56-25-43(5,6)19-12-16-27-20-30-33(23-35(27)55-7)44-32(22-36(30)57-28)26-14-10-9-11-15-26/h8-16,20,22-23,28-29,34,37H,1,17-19,21,24-25H2,2-7H3,(H,45,50)(H,46,52)(H,47,49)/b16-12+,31-13+/t28-,34+,37-/m1/s1. The van der Waals surface area contributed by atoms with Crippen LogP contribution >= 0.6 is 0 Å². The smallest absolute Gasteiger partial charge is 0.407 e. The van der Waals surface area contributed by atoms with Crippen LogP contribution in [0, 0.1) is 10.8 Å². The fourth-order valence-corrected chi connectivity index (χ4v) is 8.20. The first-order valence-electron chi connectivity index (χ1n) is 19.2. The number of carbonyl (C=O) groups is 4. The first kappa shape index (κ1) is 41.9. The number of methoxy groups -OCH3 is 1. The maximum absolute atomic E-state index is 14.7. The number of rotatable bonds is 8. The summed E-state index contributed by atoms with van der Waals surface area (Å²) in [6, 6.07) is 12.8. The SMILES string of the molecule is C=C/C=C(/NC(=O)[C@@H]1C[C@@H]2CN1C(=O)[C@H](C(C)(C)C)NC(=O)OCC(C)(C)C/C=C/c1cc3c(cc(-c4ccccc4)nc3cc1OC)O2)C(=O)NS(=O)(=O)C1CC1. The van der Waals surface area contributed by atoms with Crippen molar-refractivity contribution in [2.45, 2.75) is 83.7 Å². The van der Waals surface area contributed by atoms with Crippen LogP contribution in [0.5, 0.6) is 11.5 Å². The molecule has 3 aromatic rings. The Hall–Kier alpha value is -5.70. The number of alkyl carbamates (subject to hydrolysis) is 1. The Kier molecular flexibility index (Phi) is 12.0. The molecule has 1 aliphatic carbocycles. The number of pyridine rings is 1. The largest absolute Gasteiger partial charge is 0.496 e. The van der Waals surface area contributed by atoms with Gasteiger partial charge in [0.25, 0.3) is 5.91 Å². The van der Waals surface area contributed by atoms with E-state index in [2.05, 4.69) is 17.2 Å². The molecule has 4 amide bonds. The highest BCUT2D eigenvalue weighted by Crippen LogP contribution is 2.38. The van der Waals surface area contributed by atoms with Gasteiger partial charge in [-0.3, -0.25) is 14.4 Å². The fraction of sp³-hybridized carbons (Fsp3) is 0.419. The van der Waals surface area contributed by atoms with Crippen molar-refractivity contribution in [3.8, 4) is 22.8 Å². The number of aromatic nitrogens is 1. The highest BCUT2D eigenvalue weighted by atomic mass is 32.2. The molecule has 3 atom stereocenters. The predicted molar refractivity (Wildman–Crippen MR) is 220 cm³/mol. The van der Waals surface area contributed by atoms with Gasteiger partial charge in [0.05, 0.1) is 36.7 Å². The summed E-state index contributed by atoms with van der Waals surface area (Å²) in [6.07, 6.45) is 6.14. The molecule has 3 N–H and O–H groups in total. The fourth-order valence-electron chi connectivity index (χ4n) is 6.91. The van der Waals surface area contributed by atoms with Crippen molar-refractivity contribution in [1.82, 2.24) is 25.2 Å². The van der Waals surface area contributed by atoms with Gasteiger partial charge in [-0.05, 0) is 36.8 Å². The highest BCUT2D eigenvalue weighted by molar-refractivity contribution is 7.91. The maximum Gasteiger partial charge on any atom is 0.407 e. The topological polar surface area (TPSA) is 182 Å². The van der Waals surface area contributed by atoms with Crippen LogP contribution in [0.3, 0.4) is 0 Å². The van der Waals surface area contributed by atoms with Gasteiger partial charge in [0.2, 0.25) is 21.8 Å². The van der Waals surface area contributed by atoms with Crippen LogP contribution in [0.1, 0.15) is 65.9 Å². The van der Waals surface area contributed by atoms with Gasteiger partial charge in [-0.2, -0.15) is 0 Å². The van der Waals surface area contributed by atoms with E-state index in [1.165, 1.54) is 17.1 Å². The van der Waals surface area contributed by atoms with Gasteiger partial charge in [0, 0.05) is 40.5 Å². The molecule has 2 fully saturated rings. The lowest BCUT2D eigenvalue weighted by Gasteiger charge is -2.35. The average molecular weight is 814 g/mol. The van der Waals surface area contributed by atoms with E-state index in [1.54, 1.807) is 27.9 Å². The lowest BCUT2D eigenvalue weighted by atomic mass is 9.85. The van der Waals surface area contributed by atoms with Gasteiger partial charge in [0.15, 0.2) is 0 Å². The first-order chi connectivity index (χ1) is 27.4. The number of cyclic esters (lactones) is 1. The van der Waals surface area contributed by atoms with Crippen molar-refractivity contribution in [3.63, 3.8) is 0 Å². The van der Waals surface area contributed by atoms with E-state index in [-0.39, 0.29) is 25.3 Å². The normalized spacial score (nSPS) is 22.1. The molecule has 3 aliphatic rings. The van der Waals surface area contributed by atoms with Crippen LogP contribution in [-0.2, 0) is 29.1 Å². The number of nitrogens with zero attached hydrogens (tertiary/aromatic N) is 2. The molecule has 2 aliphatic heterocycles. The zero-order valence-electron chi connectivity index (χ0n) is 33.7. The second kappa shape index (κ2) is 16.6. The van der Waals surface area contributed by atoms with E-state index in [4.69, 9.17) is 19.2 Å². The van der Waals surface area contributed by atoms with E-state index in [9.17, 15) is 27.6 Å². The number of nitrogens with one attached hydrogen (secondary N) is 3. The number of hydrogen-bond acceptors (Lipinski definition) is 10. The molecule has 15 heteroatoms. The van der Waals surface area contributed by atoms with E-state index in [0.717, 1.165) is 11.1 Å². The molecule has 0 radical (unpaired) electrons. The van der Waals surface area contributed by atoms with Crippen LogP contribution in [0.25, 0.3) is 28.2 Å². The Bertz CT molecular complexity index is 2280. The van der Waals surface area contributed by atoms with E-state index >= 15 is 0 Å². The third kappa shape index (κ3) is 9.69. The minimum absolute atomic E-state index is 0.0240. The molecule has 0 unspecified atom stereocenters. The van der Waals surface area contributed by atoms with Crippen molar-refractivity contribution in [1.29, 1.82) is 0 Å². The second-order valence-corrected chi connectivity index (χ2v) is 18.7. The van der Waals surface area contributed by atoms with Crippen LogP contribution in [-0.4, -0.2) is 85.8 Å². The maximum atomic E-state index is 14.7. The summed E-state index contributed by atoms with van der Waals surface area (Å²) in [6.45, 7) is 12.8.